The number of benzene rings is 1. The molecule has 0 N–H and O–H groups in total. The third-order valence-corrected chi connectivity index (χ3v) is 5.01. The number of nitro benzene ring substituents is 1. The lowest BCUT2D eigenvalue weighted by molar-refractivity contribution is -0.386. The molecule has 0 radical (unpaired) electrons. The van der Waals surface area contributed by atoms with Crippen molar-refractivity contribution in [3.8, 4) is 5.75 Å². The van der Waals surface area contributed by atoms with Gasteiger partial charge in [-0.15, -0.1) is 0 Å². The first-order chi connectivity index (χ1) is 9.47. The van der Waals surface area contributed by atoms with E-state index < -0.39 is 10.7 Å². The molecule has 1 aromatic carbocycles. The molecular weight excluding hydrogens is 349 g/mol. The van der Waals surface area contributed by atoms with E-state index in [1.807, 2.05) is 0 Å². The summed E-state index contributed by atoms with van der Waals surface area (Å²) in [5, 5.41) is 11.0. The summed E-state index contributed by atoms with van der Waals surface area (Å²) >= 11 is 7.30. The van der Waals surface area contributed by atoms with Crippen LogP contribution in [-0.2, 0) is 0 Å². The number of ether oxygens (including phenoxy) is 1. The van der Waals surface area contributed by atoms with Crippen LogP contribution in [0.2, 0.25) is 0 Å². The zero-order valence-corrected chi connectivity index (χ0v) is 13.3. The summed E-state index contributed by atoms with van der Waals surface area (Å²) in [6.45, 7) is 0.332. The average molecular weight is 364 g/mol. The van der Waals surface area contributed by atoms with Crippen molar-refractivity contribution in [3.05, 3.63) is 32.5 Å². The lowest BCUT2D eigenvalue weighted by Gasteiger charge is -2.26. The van der Waals surface area contributed by atoms with E-state index in [2.05, 4.69) is 28.6 Å². The first-order valence-electron chi connectivity index (χ1n) is 6.34. The molecule has 1 saturated carbocycles. The molecule has 4 nitrogen and oxygen atoms in total. The van der Waals surface area contributed by atoms with Gasteiger partial charge in [0, 0.05) is 17.5 Å². The maximum Gasteiger partial charge on any atom is 0.312 e. The second-order valence-corrected chi connectivity index (χ2v) is 6.32. The molecule has 1 aliphatic rings. The topological polar surface area (TPSA) is 52.4 Å². The van der Waals surface area contributed by atoms with Gasteiger partial charge in [0.05, 0.1) is 16.0 Å². The minimum atomic E-state index is -0.572. The van der Waals surface area contributed by atoms with Crippen LogP contribution in [-0.4, -0.2) is 17.3 Å². The van der Waals surface area contributed by atoms with Gasteiger partial charge in [0.1, 0.15) is 5.82 Å². The van der Waals surface area contributed by atoms with Crippen LogP contribution < -0.4 is 4.74 Å². The second-order valence-electron chi connectivity index (χ2n) is 5.15. The largest absolute Gasteiger partial charge is 0.486 e. The number of nitro groups is 1. The average Bonchev–Trinajstić information content (AvgIpc) is 2.89. The fourth-order valence-corrected chi connectivity index (χ4v) is 3.22. The van der Waals surface area contributed by atoms with Crippen molar-refractivity contribution in [3.63, 3.8) is 0 Å². The Bertz CT molecular complexity index is 521. The molecule has 7 heteroatoms. The van der Waals surface area contributed by atoms with Crippen molar-refractivity contribution >= 4 is 34.2 Å². The standard InChI is InChI=1S/C13H15BrFNO3S/c14-9-5-11(16(17)18)12(6-10(9)15)19-7-13(8-20)3-1-2-4-13/h5-6,20H,1-4,7-8H2. The maximum absolute atomic E-state index is 13.5. The van der Waals surface area contributed by atoms with E-state index in [9.17, 15) is 14.5 Å². The minimum absolute atomic E-state index is 0.0243. The minimum Gasteiger partial charge on any atom is -0.486 e. The van der Waals surface area contributed by atoms with Gasteiger partial charge in [0.15, 0.2) is 5.75 Å². The third-order valence-electron chi connectivity index (χ3n) is 3.73. The van der Waals surface area contributed by atoms with Crippen LogP contribution in [0.15, 0.2) is 16.6 Å². The summed E-state index contributed by atoms with van der Waals surface area (Å²) < 4.78 is 19.2. The molecule has 1 fully saturated rings. The lowest BCUT2D eigenvalue weighted by atomic mass is 9.90. The Labute approximate surface area is 130 Å². The van der Waals surface area contributed by atoms with Gasteiger partial charge in [-0.05, 0) is 34.5 Å². The molecule has 0 aliphatic heterocycles. The van der Waals surface area contributed by atoms with Gasteiger partial charge in [0.2, 0.25) is 0 Å². The summed E-state index contributed by atoms with van der Waals surface area (Å²) in [6, 6.07) is 2.19. The van der Waals surface area contributed by atoms with Crippen LogP contribution in [0.3, 0.4) is 0 Å². The molecule has 110 valence electrons. The molecule has 0 heterocycles. The predicted molar refractivity (Wildman–Crippen MR) is 81.0 cm³/mol. The van der Waals surface area contributed by atoms with Crippen LogP contribution in [0.25, 0.3) is 0 Å². The number of nitrogens with zero attached hydrogens (tertiary/aromatic N) is 1. The molecule has 0 spiro atoms. The van der Waals surface area contributed by atoms with Gasteiger partial charge in [0.25, 0.3) is 0 Å². The Morgan fingerprint density at radius 2 is 2.10 bits per heavy atom. The van der Waals surface area contributed by atoms with Crippen LogP contribution in [0.4, 0.5) is 10.1 Å². The summed E-state index contributed by atoms with van der Waals surface area (Å²) in [4.78, 5) is 10.4. The van der Waals surface area contributed by atoms with Gasteiger partial charge >= 0.3 is 5.69 Å². The molecule has 0 unspecified atom stereocenters. The smallest absolute Gasteiger partial charge is 0.312 e. The highest BCUT2D eigenvalue weighted by atomic mass is 79.9. The van der Waals surface area contributed by atoms with Crippen molar-refractivity contribution < 1.29 is 14.1 Å². The number of hydrogen-bond donors (Lipinski definition) is 1. The number of halogens is 2. The molecule has 20 heavy (non-hydrogen) atoms. The summed E-state index contributed by atoms with van der Waals surface area (Å²) in [5.74, 6) is 0.0699. The summed E-state index contributed by atoms with van der Waals surface area (Å²) in [5.41, 5.74) is -0.286. The quantitative estimate of drug-likeness (QED) is 0.480. The van der Waals surface area contributed by atoms with Gasteiger partial charge < -0.3 is 4.74 Å². The van der Waals surface area contributed by atoms with Crippen LogP contribution in [0.5, 0.6) is 5.75 Å². The van der Waals surface area contributed by atoms with E-state index in [1.165, 1.54) is 0 Å². The van der Waals surface area contributed by atoms with Crippen molar-refractivity contribution in [2.75, 3.05) is 12.4 Å². The van der Waals surface area contributed by atoms with Crippen LogP contribution in [0.1, 0.15) is 25.7 Å². The molecule has 0 amide bonds. The fraction of sp³-hybridized carbons (Fsp3) is 0.538. The Morgan fingerprint density at radius 1 is 1.45 bits per heavy atom. The van der Waals surface area contributed by atoms with Crippen LogP contribution in [0, 0.1) is 21.3 Å². The molecule has 1 aliphatic carbocycles. The molecule has 1 aromatic rings. The monoisotopic (exact) mass is 363 g/mol. The summed E-state index contributed by atoms with van der Waals surface area (Å²) in [7, 11) is 0. The zero-order valence-electron chi connectivity index (χ0n) is 10.8. The Balaban J connectivity index is 2.20. The van der Waals surface area contributed by atoms with Crippen LogP contribution >= 0.6 is 28.6 Å². The Kier molecular flexibility index (Phi) is 4.90. The third kappa shape index (κ3) is 3.25. The molecule has 0 saturated heterocycles. The fourth-order valence-electron chi connectivity index (χ4n) is 2.48. The van der Waals surface area contributed by atoms with Crippen molar-refractivity contribution in [2.24, 2.45) is 5.41 Å². The number of thiol groups is 1. The molecule has 2 rings (SSSR count). The predicted octanol–water partition coefficient (Wildman–Crippen LogP) is 4.37. The highest BCUT2D eigenvalue weighted by molar-refractivity contribution is 9.10. The Hall–Kier alpha value is -0.820. The van der Waals surface area contributed by atoms with E-state index >= 15 is 0 Å². The maximum atomic E-state index is 13.5. The van der Waals surface area contributed by atoms with Gasteiger partial charge in [-0.25, -0.2) is 4.39 Å². The van der Waals surface area contributed by atoms with Crippen molar-refractivity contribution in [1.82, 2.24) is 0 Å². The van der Waals surface area contributed by atoms with E-state index in [4.69, 9.17) is 4.74 Å². The zero-order chi connectivity index (χ0) is 14.8. The van der Waals surface area contributed by atoms with E-state index in [-0.39, 0.29) is 21.3 Å². The highest BCUT2D eigenvalue weighted by Crippen LogP contribution is 2.41. The first kappa shape index (κ1) is 15.6. The SMILES string of the molecule is O=[N+]([O-])c1cc(Br)c(F)cc1OCC1(CS)CCCC1. The van der Waals surface area contributed by atoms with Gasteiger partial charge in [-0.1, -0.05) is 12.8 Å². The molecule has 0 atom stereocenters. The van der Waals surface area contributed by atoms with Crippen molar-refractivity contribution in [1.29, 1.82) is 0 Å². The first-order valence-corrected chi connectivity index (χ1v) is 7.77. The normalized spacial score (nSPS) is 17.1. The second kappa shape index (κ2) is 6.30. The van der Waals surface area contributed by atoms with Crippen molar-refractivity contribution in [2.45, 2.75) is 25.7 Å². The van der Waals surface area contributed by atoms with E-state index in [0.29, 0.717) is 12.4 Å². The molecular formula is C13H15BrFNO3S. The van der Waals surface area contributed by atoms with Gasteiger partial charge in [-0.2, -0.15) is 12.6 Å². The van der Waals surface area contributed by atoms with Gasteiger partial charge in [-0.3, -0.25) is 10.1 Å². The lowest BCUT2D eigenvalue weighted by Crippen LogP contribution is -2.27. The summed E-state index contributed by atoms with van der Waals surface area (Å²) in [6.07, 6.45) is 4.20. The molecule has 0 aromatic heterocycles. The van der Waals surface area contributed by atoms with E-state index in [0.717, 1.165) is 37.8 Å². The highest BCUT2D eigenvalue weighted by Gasteiger charge is 2.34. The number of rotatable bonds is 5. The molecule has 0 bridgehead atoms. The Morgan fingerprint density at radius 3 is 2.65 bits per heavy atom. The van der Waals surface area contributed by atoms with E-state index in [1.54, 1.807) is 0 Å². The number of hydrogen-bond acceptors (Lipinski definition) is 4.